The van der Waals surface area contributed by atoms with Crippen LogP contribution in [0.25, 0.3) is 0 Å². The predicted molar refractivity (Wildman–Crippen MR) is 65.6 cm³/mol. The SMILES string of the molecule is COC(=O)O[C@@H]1C(O)[C@H](n2ccc(=O)[nH]c2=O)O[C@@H]1CO. The third-order valence-electron chi connectivity index (χ3n) is 3.01. The van der Waals surface area contributed by atoms with Crippen LogP contribution in [0.3, 0.4) is 0 Å². The van der Waals surface area contributed by atoms with Crippen LogP contribution in [0.5, 0.6) is 0 Å². The summed E-state index contributed by atoms with van der Waals surface area (Å²) >= 11 is 0. The van der Waals surface area contributed by atoms with Crippen LogP contribution in [-0.2, 0) is 14.2 Å². The first-order valence-electron chi connectivity index (χ1n) is 5.98. The van der Waals surface area contributed by atoms with Crippen molar-refractivity contribution in [2.45, 2.75) is 24.5 Å². The van der Waals surface area contributed by atoms with E-state index in [2.05, 4.69) is 4.74 Å². The van der Waals surface area contributed by atoms with Gasteiger partial charge in [-0.05, 0) is 0 Å². The second-order valence-corrected chi connectivity index (χ2v) is 4.29. The summed E-state index contributed by atoms with van der Waals surface area (Å²) in [6.07, 6.45) is -4.83. The summed E-state index contributed by atoms with van der Waals surface area (Å²) in [5.74, 6) is 0. The highest BCUT2D eigenvalue weighted by Gasteiger charge is 2.47. The van der Waals surface area contributed by atoms with Crippen molar-refractivity contribution in [2.24, 2.45) is 0 Å². The minimum atomic E-state index is -1.43. The summed E-state index contributed by atoms with van der Waals surface area (Å²) in [6, 6.07) is 1.07. The van der Waals surface area contributed by atoms with Gasteiger partial charge in [0.25, 0.3) is 5.56 Å². The molecule has 3 N–H and O–H groups in total. The quantitative estimate of drug-likeness (QED) is 0.541. The topological polar surface area (TPSA) is 140 Å². The summed E-state index contributed by atoms with van der Waals surface area (Å²) in [4.78, 5) is 35.8. The summed E-state index contributed by atoms with van der Waals surface area (Å²) in [5.41, 5.74) is -1.41. The highest BCUT2D eigenvalue weighted by Crippen LogP contribution is 2.30. The first kappa shape index (κ1) is 15.2. The molecule has 10 heteroatoms. The van der Waals surface area contributed by atoms with Crippen LogP contribution in [0.4, 0.5) is 4.79 Å². The zero-order chi connectivity index (χ0) is 15.6. The lowest BCUT2D eigenvalue weighted by molar-refractivity contribution is -0.0576. The van der Waals surface area contributed by atoms with E-state index in [4.69, 9.17) is 9.47 Å². The number of rotatable bonds is 3. The van der Waals surface area contributed by atoms with E-state index in [1.807, 2.05) is 4.98 Å². The Hall–Kier alpha value is -2.17. The van der Waals surface area contributed by atoms with Gasteiger partial charge in [-0.2, -0.15) is 0 Å². The van der Waals surface area contributed by atoms with Crippen molar-refractivity contribution in [1.82, 2.24) is 9.55 Å². The van der Waals surface area contributed by atoms with Crippen LogP contribution in [0.2, 0.25) is 0 Å². The molecule has 0 radical (unpaired) electrons. The zero-order valence-corrected chi connectivity index (χ0v) is 11.0. The third kappa shape index (κ3) is 2.96. The molecular formula is C11H14N2O8. The average Bonchev–Trinajstić information content (AvgIpc) is 2.76. The number of aromatic nitrogens is 2. The standard InChI is InChI=1S/C11H14N2O8/c1-19-11(18)21-8-5(4-14)20-9(7(8)16)13-3-2-6(15)12-10(13)17/h2-3,5,7-9,14,16H,4H2,1H3,(H,12,15,17)/t5-,7?,8+,9-/m1/s1. The Morgan fingerprint density at radius 2 is 2.24 bits per heavy atom. The lowest BCUT2D eigenvalue weighted by Crippen LogP contribution is -2.40. The lowest BCUT2D eigenvalue weighted by atomic mass is 10.1. The third-order valence-corrected chi connectivity index (χ3v) is 3.01. The van der Waals surface area contributed by atoms with Gasteiger partial charge in [0.15, 0.2) is 12.3 Å². The van der Waals surface area contributed by atoms with E-state index >= 15 is 0 Å². The van der Waals surface area contributed by atoms with Gasteiger partial charge in [0.2, 0.25) is 0 Å². The van der Waals surface area contributed by atoms with Crippen LogP contribution in [-0.4, -0.2) is 57.9 Å². The summed E-state index contributed by atoms with van der Waals surface area (Å²) in [5, 5.41) is 19.3. The molecule has 116 valence electrons. The van der Waals surface area contributed by atoms with Crippen LogP contribution >= 0.6 is 0 Å². The number of aliphatic hydroxyl groups is 2. The number of ether oxygens (including phenoxy) is 3. The van der Waals surface area contributed by atoms with Gasteiger partial charge < -0.3 is 24.4 Å². The van der Waals surface area contributed by atoms with Crippen molar-refractivity contribution in [1.29, 1.82) is 0 Å². The molecule has 1 aromatic heterocycles. The van der Waals surface area contributed by atoms with Crippen molar-refractivity contribution in [3.63, 3.8) is 0 Å². The maximum Gasteiger partial charge on any atom is 0.508 e. The first-order valence-corrected chi connectivity index (χ1v) is 5.98. The second kappa shape index (κ2) is 6.08. The molecular weight excluding hydrogens is 288 g/mol. The number of nitrogens with one attached hydrogen (secondary N) is 1. The fourth-order valence-corrected chi connectivity index (χ4v) is 2.03. The highest BCUT2D eigenvalue weighted by atomic mass is 16.7. The smallest absolute Gasteiger partial charge is 0.438 e. The van der Waals surface area contributed by atoms with Gasteiger partial charge in [-0.15, -0.1) is 0 Å². The molecule has 2 rings (SSSR count). The minimum Gasteiger partial charge on any atom is -0.438 e. The van der Waals surface area contributed by atoms with E-state index in [-0.39, 0.29) is 0 Å². The molecule has 0 bridgehead atoms. The number of aliphatic hydroxyl groups excluding tert-OH is 2. The number of carbonyl (C=O) groups is 1. The van der Waals surface area contributed by atoms with Gasteiger partial charge in [0.05, 0.1) is 13.7 Å². The number of hydrogen-bond acceptors (Lipinski definition) is 8. The van der Waals surface area contributed by atoms with E-state index < -0.39 is 48.6 Å². The number of hydrogen-bond donors (Lipinski definition) is 3. The van der Waals surface area contributed by atoms with Crippen molar-refractivity contribution < 1.29 is 29.2 Å². The van der Waals surface area contributed by atoms with Crippen LogP contribution in [0, 0.1) is 0 Å². The van der Waals surface area contributed by atoms with Gasteiger partial charge in [-0.3, -0.25) is 14.3 Å². The summed E-state index contributed by atoms with van der Waals surface area (Å²) in [7, 11) is 1.09. The predicted octanol–water partition coefficient (Wildman–Crippen LogP) is -2.06. The molecule has 1 fully saturated rings. The van der Waals surface area contributed by atoms with Crippen molar-refractivity contribution >= 4 is 6.16 Å². The van der Waals surface area contributed by atoms with E-state index in [9.17, 15) is 24.6 Å². The van der Waals surface area contributed by atoms with Crippen molar-refractivity contribution in [2.75, 3.05) is 13.7 Å². The number of nitrogens with zero attached hydrogens (tertiary/aromatic N) is 1. The van der Waals surface area contributed by atoms with Gasteiger partial charge in [-0.25, -0.2) is 9.59 Å². The summed E-state index contributed by atoms with van der Waals surface area (Å²) < 4.78 is 15.3. The number of carbonyl (C=O) groups excluding carboxylic acids is 1. The van der Waals surface area contributed by atoms with Gasteiger partial charge in [-0.1, -0.05) is 0 Å². The molecule has 0 amide bonds. The highest BCUT2D eigenvalue weighted by molar-refractivity contribution is 5.60. The van der Waals surface area contributed by atoms with E-state index in [1.54, 1.807) is 0 Å². The molecule has 0 aliphatic carbocycles. The van der Waals surface area contributed by atoms with Crippen LogP contribution < -0.4 is 11.2 Å². The maximum atomic E-state index is 11.7. The molecule has 2 heterocycles. The molecule has 1 unspecified atom stereocenters. The number of methoxy groups -OCH3 is 1. The molecule has 4 atom stereocenters. The Balaban J connectivity index is 2.28. The Morgan fingerprint density at radius 3 is 2.81 bits per heavy atom. The molecule has 0 spiro atoms. The molecule has 0 saturated carbocycles. The Labute approximate surface area is 117 Å². The number of H-pyrrole nitrogens is 1. The average molecular weight is 302 g/mol. The molecule has 0 aromatic carbocycles. The normalized spacial score (nSPS) is 28.3. The summed E-state index contributed by atoms with van der Waals surface area (Å²) in [6.45, 7) is -0.548. The number of aromatic amines is 1. The zero-order valence-electron chi connectivity index (χ0n) is 11.0. The Kier molecular flexibility index (Phi) is 4.40. The van der Waals surface area contributed by atoms with E-state index in [1.165, 1.54) is 0 Å². The lowest BCUT2D eigenvalue weighted by Gasteiger charge is -2.19. The molecule has 1 saturated heterocycles. The first-order chi connectivity index (χ1) is 9.97. The Morgan fingerprint density at radius 1 is 1.52 bits per heavy atom. The van der Waals surface area contributed by atoms with Gasteiger partial charge in [0, 0.05) is 12.3 Å². The van der Waals surface area contributed by atoms with E-state index in [0.717, 1.165) is 23.9 Å². The molecule has 1 aromatic rings. The van der Waals surface area contributed by atoms with Crippen molar-refractivity contribution in [3.8, 4) is 0 Å². The molecule has 1 aliphatic heterocycles. The monoisotopic (exact) mass is 302 g/mol. The maximum absolute atomic E-state index is 11.7. The second-order valence-electron chi connectivity index (χ2n) is 4.29. The molecule has 21 heavy (non-hydrogen) atoms. The van der Waals surface area contributed by atoms with Gasteiger partial charge in [0.1, 0.15) is 12.2 Å². The minimum absolute atomic E-state index is 0.548. The largest absolute Gasteiger partial charge is 0.508 e. The van der Waals surface area contributed by atoms with E-state index in [0.29, 0.717) is 0 Å². The fraction of sp³-hybridized carbons (Fsp3) is 0.545. The fourth-order valence-electron chi connectivity index (χ4n) is 2.03. The molecule has 1 aliphatic rings. The van der Waals surface area contributed by atoms with Gasteiger partial charge >= 0.3 is 11.8 Å². The Bertz CT molecular complexity index is 623. The molecule has 10 nitrogen and oxygen atoms in total. The van der Waals surface area contributed by atoms with Crippen LogP contribution in [0.1, 0.15) is 6.23 Å². The van der Waals surface area contributed by atoms with Crippen LogP contribution in [0.15, 0.2) is 21.9 Å². The van der Waals surface area contributed by atoms with Crippen molar-refractivity contribution in [3.05, 3.63) is 33.1 Å².